The summed E-state index contributed by atoms with van der Waals surface area (Å²) in [6, 6.07) is 5.83. The fourth-order valence-electron chi connectivity index (χ4n) is 3.57. The molecule has 4 heteroatoms. The number of benzene rings is 1. The highest BCUT2D eigenvalue weighted by Crippen LogP contribution is 2.68. The molecule has 2 atom stereocenters. The van der Waals surface area contributed by atoms with Gasteiger partial charge in [-0.2, -0.15) is 0 Å². The van der Waals surface area contributed by atoms with Crippen LogP contribution in [-0.4, -0.2) is 11.7 Å². The smallest absolute Gasteiger partial charge is 0.258 e. The Balaban J connectivity index is 1.85. The van der Waals surface area contributed by atoms with E-state index in [-0.39, 0.29) is 22.7 Å². The molecule has 2 saturated carbocycles. The zero-order chi connectivity index (χ0) is 15.4. The molecule has 2 aliphatic carbocycles. The molecular formula is C17H18FNO2. The molecule has 1 N–H and O–H groups in total. The molecule has 0 radical (unpaired) electrons. The number of allylic oxidation sites excluding steroid dienone is 2. The summed E-state index contributed by atoms with van der Waals surface area (Å²) < 4.78 is 13.6. The predicted molar refractivity (Wildman–Crippen MR) is 77.0 cm³/mol. The lowest BCUT2D eigenvalue weighted by Crippen LogP contribution is -2.25. The van der Waals surface area contributed by atoms with Crippen LogP contribution in [0, 0.1) is 23.1 Å². The summed E-state index contributed by atoms with van der Waals surface area (Å²) in [5, 5.41) is 2.68. The average Bonchev–Trinajstić information content (AvgIpc) is 2.78. The molecule has 0 aromatic heterocycles. The van der Waals surface area contributed by atoms with E-state index in [0.29, 0.717) is 18.0 Å². The van der Waals surface area contributed by atoms with Crippen LogP contribution in [0.3, 0.4) is 0 Å². The largest absolute Gasteiger partial charge is 0.325 e. The minimum atomic E-state index is -0.560. The van der Waals surface area contributed by atoms with Crippen molar-refractivity contribution in [2.45, 2.75) is 27.2 Å². The summed E-state index contributed by atoms with van der Waals surface area (Å²) in [6.45, 7) is 6.00. The zero-order valence-corrected chi connectivity index (χ0v) is 12.4. The fourth-order valence-corrected chi connectivity index (χ4v) is 3.57. The van der Waals surface area contributed by atoms with Crippen molar-refractivity contribution in [3.05, 3.63) is 46.9 Å². The average molecular weight is 287 g/mol. The first-order valence-corrected chi connectivity index (χ1v) is 7.14. The third-order valence-corrected chi connectivity index (χ3v) is 4.89. The van der Waals surface area contributed by atoms with Gasteiger partial charge in [0.1, 0.15) is 5.82 Å². The molecule has 2 fully saturated rings. The van der Waals surface area contributed by atoms with Gasteiger partial charge in [0.15, 0.2) is 5.78 Å². The molecule has 0 aliphatic heterocycles. The highest BCUT2D eigenvalue weighted by atomic mass is 19.1. The number of hydrogen-bond acceptors (Lipinski definition) is 2. The molecule has 0 heterocycles. The van der Waals surface area contributed by atoms with Crippen LogP contribution in [-0.2, 0) is 4.79 Å². The van der Waals surface area contributed by atoms with Crippen LogP contribution in [0.15, 0.2) is 35.5 Å². The van der Waals surface area contributed by atoms with Gasteiger partial charge in [0.25, 0.3) is 5.91 Å². The molecule has 0 spiro atoms. The van der Waals surface area contributed by atoms with Crippen LogP contribution in [0.2, 0.25) is 0 Å². The molecule has 1 aromatic rings. The number of fused-ring (bicyclic) bond motifs is 1. The van der Waals surface area contributed by atoms with Gasteiger partial charge < -0.3 is 5.32 Å². The number of carbonyl (C=O) groups is 2. The van der Waals surface area contributed by atoms with Crippen LogP contribution in [0.4, 0.5) is 4.39 Å². The Kier molecular flexibility index (Phi) is 3.01. The van der Waals surface area contributed by atoms with Gasteiger partial charge in [0.2, 0.25) is 0 Å². The minimum Gasteiger partial charge on any atom is -0.325 e. The SMILES string of the molecule is C/C(NC(=O)c1ccccc1F)=C1\C(=O)C[C@@H]2[C@@H]1C2(C)C. The molecular weight excluding hydrogens is 269 g/mol. The Morgan fingerprint density at radius 2 is 2.00 bits per heavy atom. The van der Waals surface area contributed by atoms with E-state index in [1.807, 2.05) is 0 Å². The van der Waals surface area contributed by atoms with E-state index in [9.17, 15) is 14.0 Å². The number of nitrogens with one attached hydrogen (secondary N) is 1. The second-order valence-electron chi connectivity index (χ2n) is 6.51. The highest BCUT2D eigenvalue weighted by Gasteiger charge is 2.65. The normalized spacial score (nSPS) is 28.1. The maximum Gasteiger partial charge on any atom is 0.258 e. The van der Waals surface area contributed by atoms with Crippen molar-refractivity contribution < 1.29 is 14.0 Å². The number of carbonyl (C=O) groups excluding carboxylic acids is 2. The minimum absolute atomic E-state index is 0.00509. The Bertz CT molecular complexity index is 675. The monoisotopic (exact) mass is 287 g/mol. The van der Waals surface area contributed by atoms with Crippen molar-refractivity contribution in [1.29, 1.82) is 0 Å². The van der Waals surface area contributed by atoms with E-state index in [0.717, 1.165) is 5.57 Å². The van der Waals surface area contributed by atoms with Gasteiger partial charge in [-0.3, -0.25) is 9.59 Å². The molecule has 1 aromatic carbocycles. The maximum absolute atomic E-state index is 13.6. The Morgan fingerprint density at radius 3 is 2.62 bits per heavy atom. The van der Waals surface area contributed by atoms with Crippen LogP contribution in [0.25, 0.3) is 0 Å². The van der Waals surface area contributed by atoms with Gasteiger partial charge in [-0.1, -0.05) is 26.0 Å². The van der Waals surface area contributed by atoms with Crippen LogP contribution in [0.1, 0.15) is 37.6 Å². The van der Waals surface area contributed by atoms with Crippen molar-refractivity contribution in [2.75, 3.05) is 0 Å². The summed E-state index contributed by atoms with van der Waals surface area (Å²) in [5.41, 5.74) is 1.41. The number of rotatable bonds is 2. The van der Waals surface area contributed by atoms with E-state index in [4.69, 9.17) is 0 Å². The summed E-state index contributed by atoms with van der Waals surface area (Å²) in [4.78, 5) is 24.2. The topological polar surface area (TPSA) is 46.2 Å². The quantitative estimate of drug-likeness (QED) is 0.850. The van der Waals surface area contributed by atoms with Gasteiger partial charge in [0.05, 0.1) is 5.56 Å². The first-order valence-electron chi connectivity index (χ1n) is 7.14. The first kappa shape index (κ1) is 14.0. The van der Waals surface area contributed by atoms with E-state index < -0.39 is 11.7 Å². The lowest BCUT2D eigenvalue weighted by molar-refractivity contribution is -0.115. The summed E-state index contributed by atoms with van der Waals surface area (Å²) in [7, 11) is 0. The lowest BCUT2D eigenvalue weighted by atomic mass is 9.95. The van der Waals surface area contributed by atoms with Crippen LogP contribution >= 0.6 is 0 Å². The van der Waals surface area contributed by atoms with Crippen molar-refractivity contribution >= 4 is 11.7 Å². The van der Waals surface area contributed by atoms with Crippen LogP contribution < -0.4 is 5.32 Å². The fraction of sp³-hybridized carbons (Fsp3) is 0.412. The molecule has 0 bridgehead atoms. The highest BCUT2D eigenvalue weighted by molar-refractivity contribution is 6.03. The maximum atomic E-state index is 13.6. The summed E-state index contributed by atoms with van der Waals surface area (Å²) >= 11 is 0. The van der Waals surface area contributed by atoms with Crippen molar-refractivity contribution in [1.82, 2.24) is 5.32 Å². The van der Waals surface area contributed by atoms with Gasteiger partial charge in [-0.15, -0.1) is 0 Å². The molecule has 21 heavy (non-hydrogen) atoms. The number of Topliss-reactive ketones (excluding diaryl/α,β-unsaturated/α-hetero) is 1. The van der Waals surface area contributed by atoms with Crippen molar-refractivity contribution in [3.63, 3.8) is 0 Å². The predicted octanol–water partition coefficient (Wildman–Crippen LogP) is 3.07. The van der Waals surface area contributed by atoms with Crippen molar-refractivity contribution in [2.24, 2.45) is 17.3 Å². The molecule has 3 nitrogen and oxygen atoms in total. The summed E-state index contributed by atoms with van der Waals surface area (Å²) in [5.74, 6) is -0.343. The second kappa shape index (κ2) is 4.52. The molecule has 0 unspecified atom stereocenters. The Hall–Kier alpha value is -1.97. The Morgan fingerprint density at radius 1 is 1.33 bits per heavy atom. The number of amides is 1. The van der Waals surface area contributed by atoms with Gasteiger partial charge in [0, 0.05) is 17.7 Å². The molecule has 2 aliphatic rings. The van der Waals surface area contributed by atoms with E-state index >= 15 is 0 Å². The van der Waals surface area contributed by atoms with Crippen LogP contribution in [0.5, 0.6) is 0 Å². The zero-order valence-electron chi connectivity index (χ0n) is 12.4. The lowest BCUT2D eigenvalue weighted by Gasteiger charge is -2.14. The number of halogens is 1. The molecule has 1 amide bonds. The Labute approximate surface area is 123 Å². The number of hydrogen-bond donors (Lipinski definition) is 1. The standard InChI is InChI=1S/C17H18FNO2/c1-9(14-13(20)8-11-15(14)17(11,2)3)19-16(21)10-6-4-5-7-12(10)18/h4-7,11,15H,8H2,1-3H3,(H,19,21)/b14-9-/t11-,15+/m1/s1. The molecule has 110 valence electrons. The second-order valence-corrected chi connectivity index (χ2v) is 6.51. The molecule has 3 rings (SSSR count). The van der Waals surface area contributed by atoms with Crippen molar-refractivity contribution in [3.8, 4) is 0 Å². The van der Waals surface area contributed by atoms with E-state index in [1.165, 1.54) is 18.2 Å². The van der Waals surface area contributed by atoms with E-state index in [2.05, 4.69) is 19.2 Å². The van der Waals surface area contributed by atoms with Gasteiger partial charge in [-0.05, 0) is 36.3 Å². The molecule has 0 saturated heterocycles. The van der Waals surface area contributed by atoms with E-state index in [1.54, 1.807) is 13.0 Å². The third-order valence-electron chi connectivity index (χ3n) is 4.89. The van der Waals surface area contributed by atoms with Gasteiger partial charge in [-0.25, -0.2) is 4.39 Å². The third kappa shape index (κ3) is 2.09. The summed E-state index contributed by atoms with van der Waals surface area (Å²) in [6.07, 6.45) is 0.555. The van der Waals surface area contributed by atoms with Gasteiger partial charge >= 0.3 is 0 Å². The first-order chi connectivity index (χ1) is 9.84. The number of ketones is 1.